The highest BCUT2D eigenvalue weighted by Crippen LogP contribution is 2.28. The van der Waals surface area contributed by atoms with Crippen LogP contribution >= 0.6 is 0 Å². The van der Waals surface area contributed by atoms with E-state index in [-0.39, 0.29) is 38.5 Å². The lowest BCUT2D eigenvalue weighted by atomic mass is 10.1. The molecule has 1 aromatic rings. The van der Waals surface area contributed by atoms with E-state index in [1.807, 2.05) is 6.92 Å². The van der Waals surface area contributed by atoms with E-state index in [4.69, 9.17) is 4.52 Å². The molecule has 2 heterocycles. The maximum Gasteiger partial charge on any atom is 0.511 e. The summed E-state index contributed by atoms with van der Waals surface area (Å²) in [4.78, 5) is 8.31. The average molecular weight is 398 g/mol. The van der Waals surface area contributed by atoms with Gasteiger partial charge in [-0.1, -0.05) is 5.16 Å². The zero-order chi connectivity index (χ0) is 19.4. The Morgan fingerprint density at radius 1 is 1.38 bits per heavy atom. The monoisotopic (exact) mass is 398 g/mol. The average Bonchev–Trinajstić information content (AvgIpc) is 2.98. The summed E-state index contributed by atoms with van der Waals surface area (Å²) in [6.45, 7) is 3.87. The van der Waals surface area contributed by atoms with Gasteiger partial charge in [0.25, 0.3) is 0 Å². The van der Waals surface area contributed by atoms with Gasteiger partial charge >= 0.3 is 15.5 Å². The third-order valence-electron chi connectivity index (χ3n) is 3.71. The zero-order valence-electron chi connectivity index (χ0n) is 14.4. The Morgan fingerprint density at radius 2 is 2.04 bits per heavy atom. The van der Waals surface area contributed by atoms with Crippen LogP contribution in [0.3, 0.4) is 0 Å². The second-order valence-electron chi connectivity index (χ2n) is 5.70. The van der Waals surface area contributed by atoms with E-state index < -0.39 is 15.5 Å². The Morgan fingerprint density at radius 3 is 2.54 bits per heavy atom. The van der Waals surface area contributed by atoms with Gasteiger partial charge in [0.15, 0.2) is 11.8 Å². The van der Waals surface area contributed by atoms with E-state index in [0.717, 1.165) is 0 Å². The van der Waals surface area contributed by atoms with Crippen molar-refractivity contribution in [1.29, 1.82) is 0 Å². The number of hydrogen-bond donors (Lipinski definition) is 2. The molecular weight excluding hydrogens is 377 g/mol. The third-order valence-corrected chi connectivity index (χ3v) is 5.34. The molecule has 0 atom stereocenters. The molecular formula is C13H21F3N6O3S. The summed E-state index contributed by atoms with van der Waals surface area (Å²) in [6, 6.07) is -0.197. The number of alkyl halides is 3. The SMILES string of the molecule is CCNC(=NCc1nc(C)no1)NC1CCN(S(=O)(=O)C(F)(F)F)CC1. The van der Waals surface area contributed by atoms with E-state index in [1.54, 1.807) is 6.92 Å². The molecule has 1 fully saturated rings. The topological polar surface area (TPSA) is 113 Å². The van der Waals surface area contributed by atoms with E-state index in [9.17, 15) is 21.6 Å². The van der Waals surface area contributed by atoms with E-state index in [2.05, 4.69) is 25.8 Å². The minimum Gasteiger partial charge on any atom is -0.357 e. The first-order valence-corrected chi connectivity index (χ1v) is 9.48. The summed E-state index contributed by atoms with van der Waals surface area (Å²) in [7, 11) is -5.27. The van der Waals surface area contributed by atoms with Gasteiger partial charge in [0.1, 0.15) is 6.54 Å². The smallest absolute Gasteiger partial charge is 0.357 e. The van der Waals surface area contributed by atoms with Gasteiger partial charge in [0, 0.05) is 25.7 Å². The maximum absolute atomic E-state index is 12.6. The summed E-state index contributed by atoms with van der Waals surface area (Å²) >= 11 is 0. The largest absolute Gasteiger partial charge is 0.511 e. The van der Waals surface area contributed by atoms with Crippen LogP contribution < -0.4 is 10.6 Å². The predicted molar refractivity (Wildman–Crippen MR) is 86.6 cm³/mol. The molecule has 0 aliphatic carbocycles. The number of hydrogen-bond acceptors (Lipinski definition) is 6. The highest BCUT2D eigenvalue weighted by Gasteiger charge is 2.50. The highest BCUT2D eigenvalue weighted by molar-refractivity contribution is 7.90. The van der Waals surface area contributed by atoms with Crippen LogP contribution in [-0.4, -0.2) is 60.0 Å². The molecule has 9 nitrogen and oxygen atoms in total. The van der Waals surface area contributed by atoms with Gasteiger partial charge in [0.2, 0.25) is 5.89 Å². The summed E-state index contributed by atoms with van der Waals surface area (Å²) < 4.78 is 66.1. The van der Waals surface area contributed by atoms with Crippen molar-refractivity contribution in [2.24, 2.45) is 4.99 Å². The van der Waals surface area contributed by atoms with Crippen molar-refractivity contribution < 1.29 is 26.1 Å². The number of aryl methyl sites for hydroxylation is 1. The molecule has 0 radical (unpaired) electrons. The molecule has 1 aromatic heterocycles. The van der Waals surface area contributed by atoms with Crippen molar-refractivity contribution in [3.05, 3.63) is 11.7 Å². The molecule has 13 heteroatoms. The fourth-order valence-corrected chi connectivity index (χ4v) is 3.44. The second kappa shape index (κ2) is 8.20. The van der Waals surface area contributed by atoms with Crippen LogP contribution in [0.25, 0.3) is 0 Å². The van der Waals surface area contributed by atoms with Crippen LogP contribution in [0.1, 0.15) is 31.5 Å². The number of piperidine rings is 1. The number of aromatic nitrogens is 2. The van der Waals surface area contributed by atoms with E-state index in [0.29, 0.717) is 28.5 Å². The first-order valence-electron chi connectivity index (χ1n) is 8.04. The van der Waals surface area contributed by atoms with Crippen LogP contribution in [0, 0.1) is 6.92 Å². The van der Waals surface area contributed by atoms with Crippen molar-refractivity contribution in [2.45, 2.75) is 44.8 Å². The predicted octanol–water partition coefficient (Wildman–Crippen LogP) is 0.747. The Balaban J connectivity index is 1.93. The number of sulfonamides is 1. The number of nitrogens with one attached hydrogen (secondary N) is 2. The molecule has 2 rings (SSSR count). The first-order chi connectivity index (χ1) is 12.1. The van der Waals surface area contributed by atoms with Crippen molar-refractivity contribution in [1.82, 2.24) is 25.1 Å². The third kappa shape index (κ3) is 5.06. The maximum atomic E-state index is 12.6. The summed E-state index contributed by atoms with van der Waals surface area (Å²) in [6.07, 6.45) is 0.471. The molecule has 0 unspecified atom stereocenters. The Labute approximate surface area is 149 Å². The lowest BCUT2D eigenvalue weighted by molar-refractivity contribution is -0.0494. The van der Waals surface area contributed by atoms with Crippen molar-refractivity contribution in [3.63, 3.8) is 0 Å². The van der Waals surface area contributed by atoms with Crippen LogP contribution in [0.2, 0.25) is 0 Å². The highest BCUT2D eigenvalue weighted by atomic mass is 32.2. The standard InChI is InChI=1S/C13H21F3N6O3S/c1-3-17-12(18-8-11-19-9(2)21-25-11)20-10-4-6-22(7-5-10)26(23,24)13(14,15)16/h10H,3-8H2,1-2H3,(H2,17,18,20). The van der Waals surface area contributed by atoms with Gasteiger partial charge in [-0.05, 0) is 26.7 Å². The summed E-state index contributed by atoms with van der Waals surface area (Å²) in [5.74, 6) is 1.28. The number of halogens is 3. The van der Waals surface area contributed by atoms with E-state index >= 15 is 0 Å². The molecule has 0 amide bonds. The Hall–Kier alpha value is -1.89. The zero-order valence-corrected chi connectivity index (χ0v) is 15.2. The van der Waals surface area contributed by atoms with Crippen LogP contribution in [0.4, 0.5) is 13.2 Å². The second-order valence-corrected chi connectivity index (χ2v) is 7.63. The molecule has 1 aliphatic rings. The minimum atomic E-state index is -5.27. The van der Waals surface area contributed by atoms with Crippen molar-refractivity contribution >= 4 is 16.0 Å². The normalized spacial score (nSPS) is 18.1. The van der Waals surface area contributed by atoms with Gasteiger partial charge < -0.3 is 15.2 Å². The molecule has 0 saturated carbocycles. The van der Waals surface area contributed by atoms with Crippen LogP contribution in [-0.2, 0) is 16.6 Å². The molecule has 26 heavy (non-hydrogen) atoms. The molecule has 0 aromatic carbocycles. The fourth-order valence-electron chi connectivity index (χ4n) is 2.45. The molecule has 148 valence electrons. The molecule has 1 aliphatic heterocycles. The Kier molecular flexibility index (Phi) is 6.44. The molecule has 2 N–H and O–H groups in total. The van der Waals surface area contributed by atoms with Gasteiger partial charge in [-0.25, -0.2) is 13.4 Å². The molecule has 0 spiro atoms. The summed E-state index contributed by atoms with van der Waals surface area (Å²) in [5, 5.41) is 9.76. The first kappa shape index (κ1) is 20.4. The summed E-state index contributed by atoms with van der Waals surface area (Å²) in [5.41, 5.74) is -5.27. The Bertz CT molecular complexity index is 726. The number of guanidine groups is 1. The van der Waals surface area contributed by atoms with Gasteiger partial charge in [0.05, 0.1) is 0 Å². The van der Waals surface area contributed by atoms with Gasteiger partial charge in [-0.2, -0.15) is 22.5 Å². The number of aliphatic imine (C=N–C) groups is 1. The minimum absolute atomic E-state index is 0.150. The fraction of sp³-hybridized carbons (Fsp3) is 0.769. The molecule has 0 bridgehead atoms. The van der Waals surface area contributed by atoms with Gasteiger partial charge in [-0.3, -0.25) is 0 Å². The van der Waals surface area contributed by atoms with Crippen molar-refractivity contribution in [3.8, 4) is 0 Å². The lowest BCUT2D eigenvalue weighted by Gasteiger charge is -2.32. The number of rotatable bonds is 5. The molecule has 1 saturated heterocycles. The van der Waals surface area contributed by atoms with E-state index in [1.165, 1.54) is 0 Å². The van der Waals surface area contributed by atoms with Crippen LogP contribution in [0.15, 0.2) is 9.52 Å². The van der Waals surface area contributed by atoms with Crippen LogP contribution in [0.5, 0.6) is 0 Å². The quantitative estimate of drug-likeness (QED) is 0.556. The number of nitrogens with zero attached hydrogens (tertiary/aromatic N) is 4. The van der Waals surface area contributed by atoms with Gasteiger partial charge in [-0.15, -0.1) is 0 Å². The van der Waals surface area contributed by atoms with Crippen molar-refractivity contribution in [2.75, 3.05) is 19.6 Å². The lowest BCUT2D eigenvalue weighted by Crippen LogP contribution is -2.51.